The quantitative estimate of drug-likeness (QED) is 0.700. The predicted octanol–water partition coefficient (Wildman–Crippen LogP) is 4.62. The standard InChI is InChI=1S/C16H12F3N3OS/c1-8(23)12-7-10-13(21-15(20-2)22-14(10)24-12)9-5-3-4-6-11(9)16(17,18)19/h3-7H,1-2H3,(H,20,21,22). The second-order valence-electron chi connectivity index (χ2n) is 5.07. The molecule has 2 heterocycles. The van der Waals surface area contributed by atoms with E-state index in [1.807, 2.05) is 0 Å². The fraction of sp³-hybridized carbons (Fsp3) is 0.188. The molecule has 3 rings (SSSR count). The molecule has 24 heavy (non-hydrogen) atoms. The lowest BCUT2D eigenvalue weighted by Gasteiger charge is -2.13. The molecule has 0 bridgehead atoms. The SMILES string of the molecule is CNc1nc(-c2ccccc2C(F)(F)F)c2cc(C(C)=O)sc2n1. The first kappa shape index (κ1) is 16.4. The monoisotopic (exact) mass is 351 g/mol. The number of hydrogen-bond donors (Lipinski definition) is 1. The van der Waals surface area contributed by atoms with E-state index < -0.39 is 11.7 Å². The summed E-state index contributed by atoms with van der Waals surface area (Å²) in [4.78, 5) is 21.0. The Bertz CT molecular complexity index is 934. The van der Waals surface area contributed by atoms with Gasteiger partial charge in [0.05, 0.1) is 16.1 Å². The largest absolute Gasteiger partial charge is 0.417 e. The number of hydrogen-bond acceptors (Lipinski definition) is 5. The van der Waals surface area contributed by atoms with Gasteiger partial charge in [-0.3, -0.25) is 4.79 Å². The normalized spacial score (nSPS) is 11.7. The molecule has 4 nitrogen and oxygen atoms in total. The number of nitrogens with zero attached hydrogens (tertiary/aromatic N) is 2. The van der Waals surface area contributed by atoms with Crippen LogP contribution in [0.4, 0.5) is 19.1 Å². The highest BCUT2D eigenvalue weighted by Crippen LogP contribution is 2.40. The molecule has 124 valence electrons. The van der Waals surface area contributed by atoms with Gasteiger partial charge >= 0.3 is 6.18 Å². The van der Waals surface area contributed by atoms with Gasteiger partial charge in [0.1, 0.15) is 4.83 Å². The van der Waals surface area contributed by atoms with Crippen molar-refractivity contribution in [2.24, 2.45) is 0 Å². The van der Waals surface area contributed by atoms with E-state index in [2.05, 4.69) is 15.3 Å². The van der Waals surface area contributed by atoms with Crippen LogP contribution in [-0.4, -0.2) is 22.8 Å². The van der Waals surface area contributed by atoms with Crippen LogP contribution in [-0.2, 0) is 6.18 Å². The fourth-order valence-corrected chi connectivity index (χ4v) is 3.28. The van der Waals surface area contributed by atoms with Crippen molar-refractivity contribution in [1.29, 1.82) is 0 Å². The first-order valence-electron chi connectivity index (χ1n) is 6.98. The molecule has 0 radical (unpaired) electrons. The zero-order valence-corrected chi connectivity index (χ0v) is 13.5. The summed E-state index contributed by atoms with van der Waals surface area (Å²) in [5, 5.41) is 3.18. The van der Waals surface area contributed by atoms with Crippen LogP contribution in [0.25, 0.3) is 21.5 Å². The van der Waals surface area contributed by atoms with Crippen molar-refractivity contribution in [2.45, 2.75) is 13.1 Å². The van der Waals surface area contributed by atoms with Gasteiger partial charge in [-0.15, -0.1) is 11.3 Å². The molecular weight excluding hydrogens is 339 g/mol. The minimum absolute atomic E-state index is 0.0400. The highest BCUT2D eigenvalue weighted by molar-refractivity contribution is 7.20. The summed E-state index contributed by atoms with van der Waals surface area (Å²) in [7, 11) is 1.58. The number of Topliss-reactive ketones (excluding diaryl/α,β-unsaturated/α-hetero) is 1. The number of ketones is 1. The maximum Gasteiger partial charge on any atom is 0.417 e. The molecule has 8 heteroatoms. The zero-order chi connectivity index (χ0) is 17.5. The summed E-state index contributed by atoms with van der Waals surface area (Å²) in [5.41, 5.74) is -0.662. The Hall–Kier alpha value is -2.48. The van der Waals surface area contributed by atoms with Crippen LogP contribution in [0.15, 0.2) is 30.3 Å². The molecule has 0 aliphatic rings. The Balaban J connectivity index is 2.36. The van der Waals surface area contributed by atoms with Gasteiger partial charge in [0.25, 0.3) is 0 Å². The number of nitrogens with one attached hydrogen (secondary N) is 1. The molecule has 0 saturated heterocycles. The number of alkyl halides is 3. The Morgan fingerprint density at radius 1 is 1.21 bits per heavy atom. The van der Waals surface area contributed by atoms with E-state index in [4.69, 9.17) is 0 Å². The second-order valence-corrected chi connectivity index (χ2v) is 6.11. The van der Waals surface area contributed by atoms with Gasteiger partial charge in [0.15, 0.2) is 5.78 Å². The highest BCUT2D eigenvalue weighted by Gasteiger charge is 2.34. The predicted molar refractivity (Wildman–Crippen MR) is 87.4 cm³/mol. The molecule has 1 aromatic carbocycles. The van der Waals surface area contributed by atoms with E-state index in [0.717, 1.165) is 17.4 Å². The van der Waals surface area contributed by atoms with E-state index in [9.17, 15) is 18.0 Å². The molecule has 0 atom stereocenters. The van der Waals surface area contributed by atoms with Crippen molar-refractivity contribution in [3.63, 3.8) is 0 Å². The molecule has 0 unspecified atom stereocenters. The van der Waals surface area contributed by atoms with Crippen LogP contribution in [0, 0.1) is 0 Å². The van der Waals surface area contributed by atoms with E-state index in [-0.39, 0.29) is 23.0 Å². The van der Waals surface area contributed by atoms with Crippen LogP contribution >= 0.6 is 11.3 Å². The van der Waals surface area contributed by atoms with E-state index in [0.29, 0.717) is 15.1 Å². The van der Waals surface area contributed by atoms with Crippen LogP contribution < -0.4 is 5.32 Å². The summed E-state index contributed by atoms with van der Waals surface area (Å²) >= 11 is 1.14. The van der Waals surface area contributed by atoms with Gasteiger partial charge in [-0.05, 0) is 19.1 Å². The Morgan fingerprint density at radius 3 is 2.54 bits per heavy atom. The number of carbonyl (C=O) groups excluding carboxylic acids is 1. The van der Waals surface area contributed by atoms with Crippen molar-refractivity contribution in [2.75, 3.05) is 12.4 Å². The summed E-state index contributed by atoms with van der Waals surface area (Å²) in [6.45, 7) is 1.40. The molecule has 0 aliphatic carbocycles. The lowest BCUT2D eigenvalue weighted by molar-refractivity contribution is -0.137. The average molecular weight is 351 g/mol. The van der Waals surface area contributed by atoms with Gasteiger partial charge in [-0.2, -0.15) is 13.2 Å². The number of halogens is 3. The van der Waals surface area contributed by atoms with Gasteiger partial charge in [-0.1, -0.05) is 18.2 Å². The number of aromatic nitrogens is 2. The van der Waals surface area contributed by atoms with E-state index in [1.165, 1.54) is 25.1 Å². The van der Waals surface area contributed by atoms with Gasteiger partial charge in [-0.25, -0.2) is 9.97 Å². The van der Waals surface area contributed by atoms with Crippen LogP contribution in [0.5, 0.6) is 0 Å². The van der Waals surface area contributed by atoms with Crippen LogP contribution in [0.2, 0.25) is 0 Å². The van der Waals surface area contributed by atoms with Gasteiger partial charge in [0.2, 0.25) is 5.95 Å². The molecular formula is C16H12F3N3OS. The molecule has 0 spiro atoms. The second kappa shape index (κ2) is 5.86. The number of thiophene rings is 1. The fourth-order valence-electron chi connectivity index (χ4n) is 2.35. The topological polar surface area (TPSA) is 54.9 Å². The first-order chi connectivity index (χ1) is 11.3. The average Bonchev–Trinajstić information content (AvgIpc) is 2.97. The van der Waals surface area contributed by atoms with Crippen LogP contribution in [0.1, 0.15) is 22.2 Å². The zero-order valence-electron chi connectivity index (χ0n) is 12.7. The molecule has 0 fully saturated rings. The Labute approximate surface area is 139 Å². The number of rotatable bonds is 3. The maximum atomic E-state index is 13.3. The first-order valence-corrected chi connectivity index (χ1v) is 7.79. The van der Waals surface area contributed by atoms with Crippen molar-refractivity contribution >= 4 is 33.3 Å². The smallest absolute Gasteiger partial charge is 0.357 e. The minimum atomic E-state index is -4.51. The van der Waals surface area contributed by atoms with Crippen molar-refractivity contribution in [3.05, 3.63) is 40.8 Å². The molecule has 3 aromatic rings. The third-order valence-corrected chi connectivity index (χ3v) is 4.58. The van der Waals surface area contributed by atoms with Crippen molar-refractivity contribution in [3.8, 4) is 11.3 Å². The summed E-state index contributed by atoms with van der Waals surface area (Å²) < 4.78 is 40.0. The molecule has 0 aliphatic heterocycles. The van der Waals surface area contributed by atoms with E-state index >= 15 is 0 Å². The lowest BCUT2D eigenvalue weighted by atomic mass is 10.0. The Kier molecular flexibility index (Phi) is 4.00. The lowest BCUT2D eigenvalue weighted by Crippen LogP contribution is -2.08. The molecule has 0 amide bonds. The summed E-state index contributed by atoms with van der Waals surface area (Å²) in [5.74, 6) is 0.0329. The summed E-state index contributed by atoms with van der Waals surface area (Å²) in [6.07, 6.45) is -4.51. The summed E-state index contributed by atoms with van der Waals surface area (Å²) in [6, 6.07) is 6.79. The third-order valence-electron chi connectivity index (χ3n) is 3.45. The van der Waals surface area contributed by atoms with Crippen molar-refractivity contribution < 1.29 is 18.0 Å². The van der Waals surface area contributed by atoms with Crippen molar-refractivity contribution in [1.82, 2.24) is 9.97 Å². The van der Waals surface area contributed by atoms with Gasteiger partial charge in [0, 0.05) is 18.0 Å². The number of benzene rings is 1. The third kappa shape index (κ3) is 2.84. The van der Waals surface area contributed by atoms with Gasteiger partial charge < -0.3 is 5.32 Å². The number of anilines is 1. The Morgan fingerprint density at radius 2 is 1.92 bits per heavy atom. The number of carbonyl (C=O) groups is 1. The van der Waals surface area contributed by atoms with E-state index in [1.54, 1.807) is 13.1 Å². The molecule has 2 aromatic heterocycles. The number of fused-ring (bicyclic) bond motifs is 1. The molecule has 1 N–H and O–H groups in total. The maximum absolute atomic E-state index is 13.3. The minimum Gasteiger partial charge on any atom is -0.357 e. The highest BCUT2D eigenvalue weighted by atomic mass is 32.1. The molecule has 0 saturated carbocycles. The van der Waals surface area contributed by atoms with Crippen LogP contribution in [0.3, 0.4) is 0 Å².